The standard InChI is InChI=1S/C17H14O4S/c1-10-8-12-16(20)11-4-2-3-5-14(11)22-17(12)13(9-10)21-7-6-15(18)19/h2-5,8-9H,6-7H2,1H3,(H,18,19). The van der Waals surface area contributed by atoms with Gasteiger partial charge in [0.15, 0.2) is 5.43 Å². The first-order chi connectivity index (χ1) is 10.6. The van der Waals surface area contributed by atoms with Gasteiger partial charge in [-0.15, -0.1) is 11.3 Å². The maximum absolute atomic E-state index is 12.6. The molecule has 5 heteroatoms. The molecule has 1 aromatic heterocycles. The minimum atomic E-state index is -0.907. The molecule has 0 bridgehead atoms. The molecule has 0 aliphatic heterocycles. The third kappa shape index (κ3) is 2.67. The topological polar surface area (TPSA) is 63.6 Å². The zero-order valence-corrected chi connectivity index (χ0v) is 12.8. The first kappa shape index (κ1) is 14.5. The first-order valence-corrected chi connectivity index (χ1v) is 7.69. The van der Waals surface area contributed by atoms with Crippen LogP contribution in [0, 0.1) is 6.92 Å². The van der Waals surface area contributed by atoms with Crippen LogP contribution >= 0.6 is 11.3 Å². The first-order valence-electron chi connectivity index (χ1n) is 6.87. The van der Waals surface area contributed by atoms with Gasteiger partial charge in [0.05, 0.1) is 17.7 Å². The van der Waals surface area contributed by atoms with E-state index in [1.807, 2.05) is 43.3 Å². The molecule has 3 rings (SSSR count). The van der Waals surface area contributed by atoms with Gasteiger partial charge in [0.2, 0.25) is 0 Å². The van der Waals surface area contributed by atoms with Gasteiger partial charge in [-0.1, -0.05) is 12.1 Å². The second kappa shape index (κ2) is 5.77. The molecule has 1 heterocycles. The summed E-state index contributed by atoms with van der Waals surface area (Å²) in [5.41, 5.74) is 0.897. The van der Waals surface area contributed by atoms with Gasteiger partial charge in [-0.05, 0) is 36.8 Å². The molecule has 0 fully saturated rings. The molecule has 4 nitrogen and oxygen atoms in total. The molecule has 0 amide bonds. The molecule has 0 unspecified atom stereocenters. The Hall–Kier alpha value is -2.40. The molecule has 0 aliphatic carbocycles. The van der Waals surface area contributed by atoms with Gasteiger partial charge in [0.25, 0.3) is 0 Å². The number of fused-ring (bicyclic) bond motifs is 2. The van der Waals surface area contributed by atoms with Gasteiger partial charge in [0, 0.05) is 15.5 Å². The van der Waals surface area contributed by atoms with Crippen molar-refractivity contribution in [2.75, 3.05) is 6.61 Å². The highest BCUT2D eigenvalue weighted by molar-refractivity contribution is 7.24. The van der Waals surface area contributed by atoms with Crippen molar-refractivity contribution in [1.82, 2.24) is 0 Å². The summed E-state index contributed by atoms with van der Waals surface area (Å²) in [6, 6.07) is 11.2. The Labute approximate surface area is 130 Å². The Morgan fingerprint density at radius 1 is 1.23 bits per heavy atom. The Bertz CT molecular complexity index is 927. The molecule has 1 N–H and O–H groups in total. The van der Waals surface area contributed by atoms with Crippen molar-refractivity contribution < 1.29 is 14.6 Å². The Morgan fingerprint density at radius 3 is 2.77 bits per heavy atom. The number of hydrogen-bond acceptors (Lipinski definition) is 4. The zero-order valence-electron chi connectivity index (χ0n) is 12.0. The van der Waals surface area contributed by atoms with Crippen LogP contribution in [0.25, 0.3) is 20.2 Å². The van der Waals surface area contributed by atoms with Crippen LogP contribution in [0.4, 0.5) is 0 Å². The molecular weight excluding hydrogens is 300 g/mol. The van der Waals surface area contributed by atoms with Crippen molar-refractivity contribution in [2.24, 2.45) is 0 Å². The lowest BCUT2D eigenvalue weighted by Crippen LogP contribution is -2.06. The highest BCUT2D eigenvalue weighted by Gasteiger charge is 2.11. The van der Waals surface area contributed by atoms with Gasteiger partial charge >= 0.3 is 5.97 Å². The van der Waals surface area contributed by atoms with Crippen LogP contribution in [0.1, 0.15) is 12.0 Å². The van der Waals surface area contributed by atoms with Crippen LogP contribution in [0.5, 0.6) is 5.75 Å². The van der Waals surface area contributed by atoms with Crippen LogP contribution in [-0.2, 0) is 4.79 Å². The number of carboxylic acids is 1. The Morgan fingerprint density at radius 2 is 2.00 bits per heavy atom. The lowest BCUT2D eigenvalue weighted by molar-refractivity contribution is -0.137. The average Bonchev–Trinajstić information content (AvgIpc) is 2.48. The van der Waals surface area contributed by atoms with E-state index < -0.39 is 5.97 Å². The smallest absolute Gasteiger partial charge is 0.306 e. The maximum Gasteiger partial charge on any atom is 0.306 e. The van der Waals surface area contributed by atoms with Gasteiger partial charge in [0.1, 0.15) is 5.75 Å². The van der Waals surface area contributed by atoms with Crippen LogP contribution in [0.15, 0.2) is 41.2 Å². The molecular formula is C17H14O4S. The van der Waals surface area contributed by atoms with Crippen molar-refractivity contribution >= 4 is 37.5 Å². The van der Waals surface area contributed by atoms with Crippen molar-refractivity contribution in [3.05, 3.63) is 52.2 Å². The maximum atomic E-state index is 12.6. The molecule has 112 valence electrons. The summed E-state index contributed by atoms with van der Waals surface area (Å²) in [5, 5.41) is 10.0. The second-order valence-corrected chi connectivity index (χ2v) is 6.11. The van der Waals surface area contributed by atoms with Crippen LogP contribution in [-0.4, -0.2) is 17.7 Å². The SMILES string of the molecule is Cc1cc(OCCC(=O)O)c2sc3ccccc3c(=O)c2c1. The van der Waals surface area contributed by atoms with E-state index >= 15 is 0 Å². The van der Waals surface area contributed by atoms with E-state index in [4.69, 9.17) is 9.84 Å². The summed E-state index contributed by atoms with van der Waals surface area (Å²) < 4.78 is 7.26. The van der Waals surface area contributed by atoms with Crippen LogP contribution in [0.2, 0.25) is 0 Å². The fourth-order valence-corrected chi connectivity index (χ4v) is 3.48. The highest BCUT2D eigenvalue weighted by atomic mass is 32.1. The minimum Gasteiger partial charge on any atom is -0.491 e. The normalized spacial score (nSPS) is 11.0. The number of carboxylic acid groups (broad SMARTS) is 1. The number of aliphatic carboxylic acids is 1. The van der Waals surface area contributed by atoms with Gasteiger partial charge < -0.3 is 9.84 Å². The van der Waals surface area contributed by atoms with E-state index in [0.717, 1.165) is 15.0 Å². The summed E-state index contributed by atoms with van der Waals surface area (Å²) in [4.78, 5) is 23.3. The van der Waals surface area contributed by atoms with E-state index in [9.17, 15) is 9.59 Å². The summed E-state index contributed by atoms with van der Waals surface area (Å²) >= 11 is 1.49. The number of aryl methyl sites for hydroxylation is 1. The number of hydrogen-bond donors (Lipinski definition) is 1. The van der Waals surface area contributed by atoms with Crippen molar-refractivity contribution in [3.63, 3.8) is 0 Å². The van der Waals surface area contributed by atoms with Gasteiger partial charge in [-0.2, -0.15) is 0 Å². The summed E-state index contributed by atoms with van der Waals surface area (Å²) in [5.74, 6) is -0.334. The fourth-order valence-electron chi connectivity index (χ4n) is 2.37. The summed E-state index contributed by atoms with van der Waals surface area (Å²) in [6.45, 7) is 1.98. The van der Waals surface area contributed by atoms with Crippen molar-refractivity contribution in [3.8, 4) is 5.75 Å². The Balaban J connectivity index is 2.19. The van der Waals surface area contributed by atoms with E-state index in [0.29, 0.717) is 16.5 Å². The van der Waals surface area contributed by atoms with Crippen LogP contribution < -0.4 is 10.2 Å². The molecule has 22 heavy (non-hydrogen) atoms. The quantitative estimate of drug-likeness (QED) is 0.748. The van der Waals surface area contributed by atoms with Crippen molar-refractivity contribution in [1.29, 1.82) is 0 Å². The molecule has 0 spiro atoms. The summed E-state index contributed by atoms with van der Waals surface area (Å²) in [7, 11) is 0. The van der Waals surface area contributed by atoms with Crippen LogP contribution in [0.3, 0.4) is 0 Å². The third-order valence-electron chi connectivity index (χ3n) is 3.36. The van der Waals surface area contributed by atoms with Gasteiger partial charge in [-0.25, -0.2) is 0 Å². The molecule has 0 saturated heterocycles. The molecule has 0 saturated carbocycles. The number of carbonyl (C=O) groups is 1. The monoisotopic (exact) mass is 314 g/mol. The van der Waals surface area contributed by atoms with Gasteiger partial charge in [-0.3, -0.25) is 9.59 Å². The van der Waals surface area contributed by atoms with E-state index in [-0.39, 0.29) is 18.5 Å². The largest absolute Gasteiger partial charge is 0.491 e. The molecule has 0 radical (unpaired) electrons. The average molecular weight is 314 g/mol. The summed E-state index contributed by atoms with van der Waals surface area (Å²) in [6.07, 6.45) is -0.0715. The molecule has 3 aromatic rings. The predicted octanol–water partition coefficient (Wildman–Crippen LogP) is 3.58. The minimum absolute atomic E-state index is 0.0175. The molecule has 0 atom stereocenters. The molecule has 0 aliphatic rings. The van der Waals surface area contributed by atoms with Crippen molar-refractivity contribution in [2.45, 2.75) is 13.3 Å². The highest BCUT2D eigenvalue weighted by Crippen LogP contribution is 2.33. The van der Waals surface area contributed by atoms with E-state index in [1.165, 1.54) is 11.3 Å². The molecule has 2 aromatic carbocycles. The van der Waals surface area contributed by atoms with E-state index in [1.54, 1.807) is 0 Å². The lowest BCUT2D eigenvalue weighted by Gasteiger charge is -2.10. The number of rotatable bonds is 4. The second-order valence-electron chi connectivity index (χ2n) is 5.06. The predicted molar refractivity (Wildman–Crippen MR) is 88.1 cm³/mol. The number of ether oxygens (including phenoxy) is 1. The Kier molecular flexibility index (Phi) is 3.81. The fraction of sp³-hybridized carbons (Fsp3) is 0.176. The number of benzene rings is 2. The van der Waals surface area contributed by atoms with E-state index in [2.05, 4.69) is 0 Å². The zero-order chi connectivity index (χ0) is 15.7. The third-order valence-corrected chi connectivity index (χ3v) is 4.56. The lowest BCUT2D eigenvalue weighted by atomic mass is 10.1.